The molecule has 1 N–H and O–H groups in total. The summed E-state index contributed by atoms with van der Waals surface area (Å²) in [4.78, 5) is 3.95. The Morgan fingerprint density at radius 3 is 2.09 bits per heavy atom. The summed E-state index contributed by atoms with van der Waals surface area (Å²) in [6.07, 6.45) is 1.05. The maximum atomic E-state index is 12.2. The zero-order valence-corrected chi connectivity index (χ0v) is 13.8. The van der Waals surface area contributed by atoms with E-state index in [0.717, 1.165) is 6.26 Å². The maximum Gasteiger partial charge on any atom is 0.244 e. The third-order valence-corrected chi connectivity index (χ3v) is 5.49. The van der Waals surface area contributed by atoms with Gasteiger partial charge in [0.2, 0.25) is 15.9 Å². The number of nitrogens with one attached hydrogen (secondary N) is 1. The van der Waals surface area contributed by atoms with Gasteiger partial charge in [0.25, 0.3) is 0 Å². The first-order valence-corrected chi connectivity index (χ1v) is 9.60. The van der Waals surface area contributed by atoms with Crippen molar-refractivity contribution >= 4 is 19.9 Å². The van der Waals surface area contributed by atoms with E-state index >= 15 is 0 Å². The number of benzene rings is 1. The van der Waals surface area contributed by atoms with Gasteiger partial charge in [0.1, 0.15) is 0 Å². The van der Waals surface area contributed by atoms with Crippen molar-refractivity contribution in [2.45, 2.75) is 29.7 Å². The number of sulfonamides is 1. The standard InChI is InChI=1S/C12H15N3O5S2/c1-8(12-13-9(2)14-20-12)15-22(18,19)11-6-4-10(5-7-11)21(3,16)17/h4-8,15H,1-3H3. The molecule has 0 saturated heterocycles. The lowest BCUT2D eigenvalue weighted by Crippen LogP contribution is -2.27. The van der Waals surface area contributed by atoms with E-state index in [2.05, 4.69) is 14.9 Å². The lowest BCUT2D eigenvalue weighted by atomic mass is 10.4. The van der Waals surface area contributed by atoms with Crippen LogP contribution in [0, 0.1) is 6.92 Å². The van der Waals surface area contributed by atoms with Crippen LogP contribution in [0.15, 0.2) is 38.6 Å². The van der Waals surface area contributed by atoms with Crippen LogP contribution in [-0.4, -0.2) is 33.2 Å². The summed E-state index contributed by atoms with van der Waals surface area (Å²) >= 11 is 0. The minimum absolute atomic E-state index is 0.0482. The zero-order valence-electron chi connectivity index (χ0n) is 12.1. The fraction of sp³-hybridized carbons (Fsp3) is 0.333. The highest BCUT2D eigenvalue weighted by molar-refractivity contribution is 7.90. The summed E-state index contributed by atoms with van der Waals surface area (Å²) in [5.74, 6) is 0.549. The molecule has 0 aliphatic heterocycles. The molecule has 0 amide bonds. The molecule has 0 aliphatic carbocycles. The van der Waals surface area contributed by atoms with Crippen molar-refractivity contribution in [3.63, 3.8) is 0 Å². The van der Waals surface area contributed by atoms with E-state index in [1.807, 2.05) is 0 Å². The summed E-state index contributed by atoms with van der Waals surface area (Å²) in [6.45, 7) is 3.19. The molecule has 0 spiro atoms. The topological polar surface area (TPSA) is 119 Å². The molecule has 120 valence electrons. The van der Waals surface area contributed by atoms with Gasteiger partial charge in [0, 0.05) is 6.26 Å². The third kappa shape index (κ3) is 3.70. The van der Waals surface area contributed by atoms with Gasteiger partial charge in [-0.2, -0.15) is 9.71 Å². The average molecular weight is 345 g/mol. The van der Waals surface area contributed by atoms with Crippen LogP contribution in [0.1, 0.15) is 24.7 Å². The van der Waals surface area contributed by atoms with Gasteiger partial charge < -0.3 is 4.52 Å². The molecule has 1 aromatic carbocycles. The van der Waals surface area contributed by atoms with Crippen LogP contribution in [0.25, 0.3) is 0 Å². The molecule has 0 radical (unpaired) electrons. The van der Waals surface area contributed by atoms with Crippen molar-refractivity contribution < 1.29 is 21.4 Å². The van der Waals surface area contributed by atoms with Crippen LogP contribution in [-0.2, 0) is 19.9 Å². The highest BCUT2D eigenvalue weighted by atomic mass is 32.2. The Hall–Kier alpha value is -1.78. The van der Waals surface area contributed by atoms with Crippen LogP contribution in [0.4, 0.5) is 0 Å². The van der Waals surface area contributed by atoms with E-state index in [1.54, 1.807) is 13.8 Å². The maximum absolute atomic E-state index is 12.2. The Balaban J connectivity index is 2.23. The van der Waals surface area contributed by atoms with Crippen molar-refractivity contribution in [2.75, 3.05) is 6.26 Å². The molecule has 0 fully saturated rings. The summed E-state index contributed by atoms with van der Waals surface area (Å²) in [7, 11) is -7.21. The molecule has 1 atom stereocenters. The highest BCUT2D eigenvalue weighted by Gasteiger charge is 2.22. The van der Waals surface area contributed by atoms with Gasteiger partial charge in [-0.3, -0.25) is 0 Å². The normalized spacial score (nSPS) is 14.0. The van der Waals surface area contributed by atoms with E-state index in [0.29, 0.717) is 5.82 Å². The molecule has 2 aromatic rings. The van der Waals surface area contributed by atoms with Crippen LogP contribution >= 0.6 is 0 Å². The third-order valence-electron chi connectivity index (χ3n) is 2.81. The molecule has 8 nitrogen and oxygen atoms in total. The van der Waals surface area contributed by atoms with Gasteiger partial charge in [-0.05, 0) is 38.1 Å². The lowest BCUT2D eigenvalue weighted by molar-refractivity contribution is 0.351. The molecule has 1 aromatic heterocycles. The second kappa shape index (κ2) is 5.78. The summed E-state index contributed by atoms with van der Waals surface area (Å²) in [5, 5.41) is 3.59. The zero-order chi connectivity index (χ0) is 16.5. The van der Waals surface area contributed by atoms with Gasteiger partial charge in [-0.1, -0.05) is 5.16 Å². The molecule has 0 aliphatic rings. The van der Waals surface area contributed by atoms with E-state index in [-0.39, 0.29) is 15.7 Å². The fourth-order valence-corrected chi connectivity index (χ4v) is 3.53. The number of hydrogen-bond donors (Lipinski definition) is 1. The van der Waals surface area contributed by atoms with Crippen molar-refractivity contribution in [1.82, 2.24) is 14.9 Å². The Bertz CT molecular complexity index is 870. The summed E-state index contributed by atoms with van der Waals surface area (Å²) < 4.78 is 54.5. The Morgan fingerprint density at radius 1 is 1.09 bits per heavy atom. The second-order valence-electron chi connectivity index (χ2n) is 4.77. The monoisotopic (exact) mass is 345 g/mol. The highest BCUT2D eigenvalue weighted by Crippen LogP contribution is 2.17. The Kier molecular flexibility index (Phi) is 4.36. The molecular weight excluding hydrogens is 330 g/mol. The minimum Gasteiger partial charge on any atom is -0.338 e. The van der Waals surface area contributed by atoms with Crippen LogP contribution in [0.2, 0.25) is 0 Å². The fourth-order valence-electron chi connectivity index (χ4n) is 1.71. The molecule has 0 saturated carbocycles. The second-order valence-corrected chi connectivity index (χ2v) is 8.50. The number of nitrogens with zero attached hydrogens (tertiary/aromatic N) is 2. The molecule has 0 bridgehead atoms. The Morgan fingerprint density at radius 2 is 1.64 bits per heavy atom. The van der Waals surface area contributed by atoms with Gasteiger partial charge in [-0.25, -0.2) is 16.8 Å². The molecule has 10 heteroatoms. The molecule has 22 heavy (non-hydrogen) atoms. The van der Waals surface area contributed by atoms with E-state index in [1.165, 1.54) is 24.3 Å². The predicted molar refractivity (Wildman–Crippen MR) is 77.3 cm³/mol. The number of rotatable bonds is 5. The predicted octanol–water partition coefficient (Wildman–Crippen LogP) is 0.821. The first-order chi connectivity index (χ1) is 10.1. The van der Waals surface area contributed by atoms with E-state index < -0.39 is 25.9 Å². The van der Waals surface area contributed by atoms with E-state index in [4.69, 9.17) is 4.52 Å². The van der Waals surface area contributed by atoms with Crippen LogP contribution in [0.3, 0.4) is 0 Å². The van der Waals surface area contributed by atoms with E-state index in [9.17, 15) is 16.8 Å². The molecule has 1 unspecified atom stereocenters. The molecule has 1 heterocycles. The van der Waals surface area contributed by atoms with Crippen molar-refractivity contribution in [2.24, 2.45) is 0 Å². The summed E-state index contributed by atoms with van der Waals surface area (Å²) in [5.41, 5.74) is 0. The number of aryl methyl sites for hydroxylation is 1. The van der Waals surface area contributed by atoms with Gasteiger partial charge >= 0.3 is 0 Å². The van der Waals surface area contributed by atoms with Crippen LogP contribution < -0.4 is 4.72 Å². The van der Waals surface area contributed by atoms with Gasteiger partial charge in [-0.15, -0.1) is 0 Å². The number of hydrogen-bond acceptors (Lipinski definition) is 7. The Labute approximate surface area is 128 Å². The number of sulfone groups is 1. The molecule has 2 rings (SSSR count). The first kappa shape index (κ1) is 16.6. The minimum atomic E-state index is -3.83. The van der Waals surface area contributed by atoms with Crippen molar-refractivity contribution in [3.8, 4) is 0 Å². The lowest BCUT2D eigenvalue weighted by Gasteiger charge is -2.10. The average Bonchev–Trinajstić information content (AvgIpc) is 2.84. The van der Waals surface area contributed by atoms with Crippen LogP contribution in [0.5, 0.6) is 0 Å². The smallest absolute Gasteiger partial charge is 0.244 e. The molecular formula is C12H15N3O5S2. The van der Waals surface area contributed by atoms with Crippen molar-refractivity contribution in [1.29, 1.82) is 0 Å². The first-order valence-electron chi connectivity index (χ1n) is 6.22. The number of aromatic nitrogens is 2. The van der Waals surface area contributed by atoms with Crippen molar-refractivity contribution in [3.05, 3.63) is 36.0 Å². The largest absolute Gasteiger partial charge is 0.338 e. The SMILES string of the molecule is Cc1noc(C(C)NS(=O)(=O)c2ccc(S(C)(=O)=O)cc2)n1. The van der Waals surface area contributed by atoms with Gasteiger partial charge in [0.05, 0.1) is 15.8 Å². The summed E-state index contributed by atoms with van der Waals surface area (Å²) in [6, 6.07) is 4.23. The van der Waals surface area contributed by atoms with Gasteiger partial charge in [0.15, 0.2) is 15.7 Å². The quantitative estimate of drug-likeness (QED) is 0.852.